The van der Waals surface area contributed by atoms with Gasteiger partial charge in [0, 0.05) is 37.8 Å². The molecular formula is C19H30N4O2. The molecule has 1 unspecified atom stereocenters. The first-order chi connectivity index (χ1) is 11.9. The third kappa shape index (κ3) is 4.61. The van der Waals surface area contributed by atoms with Gasteiger partial charge in [-0.3, -0.25) is 0 Å². The topological polar surface area (TPSA) is 58.6 Å². The molecule has 1 aliphatic heterocycles. The van der Waals surface area contributed by atoms with Gasteiger partial charge in [-0.1, -0.05) is 13.3 Å². The van der Waals surface area contributed by atoms with E-state index in [0.29, 0.717) is 19.0 Å². The molecule has 1 amide bonds. The van der Waals surface area contributed by atoms with Gasteiger partial charge in [0.1, 0.15) is 17.2 Å². The Hall–Kier alpha value is -1.85. The Morgan fingerprint density at radius 3 is 2.72 bits per heavy atom. The van der Waals surface area contributed by atoms with E-state index in [1.807, 2.05) is 37.9 Å². The van der Waals surface area contributed by atoms with Crippen LogP contribution in [0.15, 0.2) is 12.3 Å². The molecule has 0 spiro atoms. The lowest BCUT2D eigenvalue weighted by Gasteiger charge is -2.42. The van der Waals surface area contributed by atoms with Crippen LogP contribution in [-0.2, 0) is 4.74 Å². The smallest absolute Gasteiger partial charge is 0.410 e. The highest BCUT2D eigenvalue weighted by Crippen LogP contribution is 2.38. The zero-order chi connectivity index (χ0) is 18.0. The summed E-state index contributed by atoms with van der Waals surface area (Å²) in [4.78, 5) is 25.8. The van der Waals surface area contributed by atoms with Crippen LogP contribution in [0.25, 0.3) is 0 Å². The molecule has 138 valence electrons. The van der Waals surface area contributed by atoms with Crippen molar-refractivity contribution in [3.8, 4) is 0 Å². The average molecular weight is 346 g/mol. The minimum atomic E-state index is -0.458. The summed E-state index contributed by atoms with van der Waals surface area (Å²) < 4.78 is 5.55. The monoisotopic (exact) mass is 346 g/mol. The average Bonchev–Trinajstić information content (AvgIpc) is 3.38. The highest BCUT2D eigenvalue weighted by atomic mass is 16.6. The number of carbonyl (C=O) groups excluding carboxylic acids is 1. The molecule has 0 N–H and O–H groups in total. The molecule has 2 fully saturated rings. The van der Waals surface area contributed by atoms with Crippen LogP contribution in [-0.4, -0.2) is 52.2 Å². The number of ether oxygens (including phenoxy) is 1. The van der Waals surface area contributed by atoms with Crippen molar-refractivity contribution in [3.63, 3.8) is 0 Å². The summed E-state index contributed by atoms with van der Waals surface area (Å²) in [5.41, 5.74) is -0.458. The predicted molar refractivity (Wildman–Crippen MR) is 97.9 cm³/mol. The van der Waals surface area contributed by atoms with Crippen molar-refractivity contribution in [3.05, 3.63) is 18.1 Å². The maximum absolute atomic E-state index is 12.4. The SMILES string of the molecule is CCCC1CN(C(=O)OC(C)(C)C)CCN1c1ccnc(C2CC2)n1. The molecule has 1 aliphatic carbocycles. The van der Waals surface area contributed by atoms with E-state index in [9.17, 15) is 4.79 Å². The van der Waals surface area contributed by atoms with Crippen molar-refractivity contribution in [2.75, 3.05) is 24.5 Å². The summed E-state index contributed by atoms with van der Waals surface area (Å²) in [5.74, 6) is 2.52. The van der Waals surface area contributed by atoms with Crippen LogP contribution < -0.4 is 4.90 Å². The Labute approximate surface area is 150 Å². The molecule has 2 aliphatic rings. The van der Waals surface area contributed by atoms with Crippen molar-refractivity contribution >= 4 is 11.9 Å². The van der Waals surface area contributed by atoms with E-state index in [-0.39, 0.29) is 12.1 Å². The summed E-state index contributed by atoms with van der Waals surface area (Å²) >= 11 is 0. The van der Waals surface area contributed by atoms with Crippen LogP contribution in [0.1, 0.15) is 65.1 Å². The fourth-order valence-electron chi connectivity index (χ4n) is 3.29. The summed E-state index contributed by atoms with van der Waals surface area (Å²) in [6.45, 7) is 10.0. The lowest BCUT2D eigenvalue weighted by molar-refractivity contribution is 0.0211. The van der Waals surface area contributed by atoms with Crippen LogP contribution >= 0.6 is 0 Å². The fraction of sp³-hybridized carbons (Fsp3) is 0.737. The van der Waals surface area contributed by atoms with Gasteiger partial charge in [-0.2, -0.15) is 0 Å². The van der Waals surface area contributed by atoms with E-state index in [4.69, 9.17) is 9.72 Å². The predicted octanol–water partition coefficient (Wildman–Crippen LogP) is 3.58. The first-order valence-electron chi connectivity index (χ1n) is 9.45. The second-order valence-electron chi connectivity index (χ2n) is 8.11. The van der Waals surface area contributed by atoms with Gasteiger partial charge in [-0.25, -0.2) is 14.8 Å². The van der Waals surface area contributed by atoms with Gasteiger partial charge in [-0.15, -0.1) is 0 Å². The summed E-state index contributed by atoms with van der Waals surface area (Å²) in [5, 5.41) is 0. The van der Waals surface area contributed by atoms with Gasteiger partial charge < -0.3 is 14.5 Å². The summed E-state index contributed by atoms with van der Waals surface area (Å²) in [7, 11) is 0. The van der Waals surface area contributed by atoms with Crippen molar-refractivity contribution in [1.82, 2.24) is 14.9 Å². The van der Waals surface area contributed by atoms with Crippen LogP contribution in [0.3, 0.4) is 0 Å². The fourth-order valence-corrected chi connectivity index (χ4v) is 3.29. The second-order valence-corrected chi connectivity index (χ2v) is 8.11. The van der Waals surface area contributed by atoms with Crippen LogP contribution in [0.4, 0.5) is 10.6 Å². The highest BCUT2D eigenvalue weighted by Gasteiger charge is 2.33. The standard InChI is InChI=1S/C19H30N4O2/c1-5-6-15-13-22(18(24)25-19(2,3)4)11-12-23(15)16-9-10-20-17(21-16)14-7-8-14/h9-10,14-15H,5-8,11-13H2,1-4H3. The largest absolute Gasteiger partial charge is 0.444 e. The molecule has 0 aromatic carbocycles. The molecular weight excluding hydrogens is 316 g/mol. The summed E-state index contributed by atoms with van der Waals surface area (Å²) in [6.07, 6.45) is 6.17. The lowest BCUT2D eigenvalue weighted by atomic mass is 10.1. The molecule has 0 radical (unpaired) electrons. The van der Waals surface area contributed by atoms with E-state index < -0.39 is 5.60 Å². The lowest BCUT2D eigenvalue weighted by Crippen LogP contribution is -2.56. The van der Waals surface area contributed by atoms with E-state index in [1.165, 1.54) is 12.8 Å². The molecule has 1 saturated heterocycles. The van der Waals surface area contributed by atoms with Gasteiger partial charge in [0.25, 0.3) is 0 Å². The molecule has 1 aromatic rings. The molecule has 3 rings (SSSR count). The number of anilines is 1. The van der Waals surface area contributed by atoms with Crippen LogP contribution in [0.5, 0.6) is 0 Å². The Kier molecular flexibility index (Phi) is 5.16. The number of carbonyl (C=O) groups is 1. The molecule has 6 nitrogen and oxygen atoms in total. The van der Waals surface area contributed by atoms with E-state index in [0.717, 1.165) is 31.0 Å². The Balaban J connectivity index is 1.71. The molecule has 0 bridgehead atoms. The highest BCUT2D eigenvalue weighted by molar-refractivity contribution is 5.68. The van der Waals surface area contributed by atoms with E-state index >= 15 is 0 Å². The molecule has 25 heavy (non-hydrogen) atoms. The zero-order valence-corrected chi connectivity index (χ0v) is 15.9. The quantitative estimate of drug-likeness (QED) is 0.834. The number of nitrogens with zero attached hydrogens (tertiary/aromatic N) is 4. The molecule has 1 atom stereocenters. The van der Waals surface area contributed by atoms with Crippen molar-refractivity contribution in [2.45, 2.75) is 70.9 Å². The van der Waals surface area contributed by atoms with Gasteiger partial charge in [-0.05, 0) is 46.1 Å². The molecule has 6 heteroatoms. The van der Waals surface area contributed by atoms with Gasteiger partial charge in [0.15, 0.2) is 0 Å². The molecule has 1 aromatic heterocycles. The van der Waals surface area contributed by atoms with Crippen molar-refractivity contribution in [2.24, 2.45) is 0 Å². The summed E-state index contributed by atoms with van der Waals surface area (Å²) in [6, 6.07) is 2.27. The third-order valence-corrected chi connectivity index (χ3v) is 4.65. The minimum Gasteiger partial charge on any atom is -0.444 e. The maximum Gasteiger partial charge on any atom is 0.410 e. The second kappa shape index (κ2) is 7.18. The molecule has 1 saturated carbocycles. The number of piperazine rings is 1. The van der Waals surface area contributed by atoms with Crippen LogP contribution in [0, 0.1) is 0 Å². The Morgan fingerprint density at radius 1 is 1.32 bits per heavy atom. The number of rotatable bonds is 4. The molecule has 2 heterocycles. The first kappa shape index (κ1) is 18.0. The number of amides is 1. The van der Waals surface area contributed by atoms with Crippen LogP contribution in [0.2, 0.25) is 0 Å². The van der Waals surface area contributed by atoms with Gasteiger partial charge in [0.05, 0.1) is 0 Å². The van der Waals surface area contributed by atoms with Gasteiger partial charge in [0.2, 0.25) is 0 Å². The maximum atomic E-state index is 12.4. The first-order valence-corrected chi connectivity index (χ1v) is 9.45. The van der Waals surface area contributed by atoms with Crippen molar-refractivity contribution in [1.29, 1.82) is 0 Å². The zero-order valence-electron chi connectivity index (χ0n) is 15.9. The van der Waals surface area contributed by atoms with Crippen molar-refractivity contribution < 1.29 is 9.53 Å². The Morgan fingerprint density at radius 2 is 2.08 bits per heavy atom. The normalized spacial score (nSPS) is 21.4. The Bertz CT molecular complexity index is 610. The van der Waals surface area contributed by atoms with Gasteiger partial charge >= 0.3 is 6.09 Å². The number of hydrogen-bond acceptors (Lipinski definition) is 5. The minimum absolute atomic E-state index is 0.213. The van der Waals surface area contributed by atoms with E-state index in [2.05, 4.69) is 16.8 Å². The number of hydrogen-bond donors (Lipinski definition) is 0. The van der Waals surface area contributed by atoms with E-state index in [1.54, 1.807) is 0 Å². The third-order valence-electron chi connectivity index (χ3n) is 4.65. The number of aromatic nitrogens is 2.